The summed E-state index contributed by atoms with van der Waals surface area (Å²) in [6, 6.07) is 3.42. The number of carbonyl (C=O) groups excluding carboxylic acids is 2. The highest BCUT2D eigenvalue weighted by Gasteiger charge is 2.22. The van der Waals surface area contributed by atoms with Gasteiger partial charge in [0.25, 0.3) is 0 Å². The van der Waals surface area contributed by atoms with E-state index in [9.17, 15) is 9.59 Å². The first-order valence-corrected chi connectivity index (χ1v) is 6.48. The van der Waals surface area contributed by atoms with Gasteiger partial charge in [0.15, 0.2) is 5.69 Å². The van der Waals surface area contributed by atoms with Crippen molar-refractivity contribution >= 4 is 23.4 Å². The summed E-state index contributed by atoms with van der Waals surface area (Å²) in [5.41, 5.74) is 6.35. The Morgan fingerprint density at radius 1 is 1.45 bits per heavy atom. The van der Waals surface area contributed by atoms with Gasteiger partial charge in [-0.1, -0.05) is 0 Å². The minimum atomic E-state index is -0.528. The van der Waals surface area contributed by atoms with Gasteiger partial charge in [-0.3, -0.25) is 4.79 Å². The van der Waals surface area contributed by atoms with E-state index in [1.54, 1.807) is 6.07 Å². The second-order valence-electron chi connectivity index (χ2n) is 4.64. The third kappa shape index (κ3) is 3.84. The number of nitrogens with one attached hydrogen (secondary N) is 2. The summed E-state index contributed by atoms with van der Waals surface area (Å²) in [5.74, 6) is -0.144. The minimum Gasteiger partial charge on any atom is -0.464 e. The van der Waals surface area contributed by atoms with Crippen molar-refractivity contribution in [3.63, 3.8) is 0 Å². The van der Waals surface area contributed by atoms with Gasteiger partial charge in [-0.2, -0.15) is 0 Å². The molecule has 0 unspecified atom stereocenters. The number of aromatic nitrogens is 1. The molecule has 1 aromatic heterocycles. The second-order valence-corrected chi connectivity index (χ2v) is 4.64. The van der Waals surface area contributed by atoms with Crippen molar-refractivity contribution in [2.75, 3.05) is 24.7 Å². The summed E-state index contributed by atoms with van der Waals surface area (Å²) in [6.45, 7) is 0.403. The predicted octanol–water partition coefficient (Wildman–Crippen LogP) is 0.531. The lowest BCUT2D eigenvalue weighted by Gasteiger charge is -2.09. The zero-order valence-electron chi connectivity index (χ0n) is 11.3. The molecule has 1 aliphatic rings. The summed E-state index contributed by atoms with van der Waals surface area (Å²) in [6.07, 6.45) is 2.46. The molecule has 0 atom stereocenters. The highest BCUT2D eigenvalue weighted by molar-refractivity contribution is 5.88. The Bertz CT molecular complexity index is 514. The van der Waals surface area contributed by atoms with Crippen molar-refractivity contribution in [1.29, 1.82) is 0 Å². The number of ether oxygens (including phenoxy) is 1. The summed E-state index contributed by atoms with van der Waals surface area (Å²) < 4.78 is 4.59. The molecule has 0 aliphatic heterocycles. The van der Waals surface area contributed by atoms with E-state index in [4.69, 9.17) is 5.73 Å². The number of nitrogens with two attached hydrogens (primary N) is 1. The number of anilines is 2. The van der Waals surface area contributed by atoms with Crippen LogP contribution in [0.4, 0.5) is 11.5 Å². The van der Waals surface area contributed by atoms with Crippen LogP contribution < -0.4 is 16.4 Å². The van der Waals surface area contributed by atoms with Crippen LogP contribution in [0, 0.1) is 0 Å². The Balaban J connectivity index is 1.87. The molecule has 20 heavy (non-hydrogen) atoms. The third-order valence-corrected chi connectivity index (χ3v) is 2.91. The third-order valence-electron chi connectivity index (χ3n) is 2.91. The zero-order valence-corrected chi connectivity index (χ0v) is 11.3. The average molecular weight is 278 g/mol. The molecule has 1 amide bonds. The van der Waals surface area contributed by atoms with Crippen molar-refractivity contribution < 1.29 is 14.3 Å². The first-order valence-electron chi connectivity index (χ1n) is 6.48. The van der Waals surface area contributed by atoms with Gasteiger partial charge in [-0.25, -0.2) is 9.78 Å². The number of pyridine rings is 1. The second kappa shape index (κ2) is 6.23. The van der Waals surface area contributed by atoms with Crippen LogP contribution in [-0.2, 0) is 9.53 Å². The number of carbonyl (C=O) groups is 2. The molecule has 1 aromatic rings. The fourth-order valence-electron chi connectivity index (χ4n) is 1.65. The average Bonchev–Trinajstić information content (AvgIpc) is 3.23. The molecule has 0 aromatic carbocycles. The lowest BCUT2D eigenvalue weighted by molar-refractivity contribution is -0.120. The van der Waals surface area contributed by atoms with Crippen LogP contribution in [0.2, 0.25) is 0 Å². The number of esters is 1. The quantitative estimate of drug-likeness (QED) is 0.655. The maximum atomic E-state index is 11.5. The van der Waals surface area contributed by atoms with Gasteiger partial charge in [-0.05, 0) is 25.0 Å². The molecular formula is C13H18N4O3. The summed E-state index contributed by atoms with van der Waals surface area (Å²) >= 11 is 0. The van der Waals surface area contributed by atoms with E-state index in [2.05, 4.69) is 20.4 Å². The van der Waals surface area contributed by atoms with Crippen molar-refractivity contribution in [3.8, 4) is 0 Å². The molecule has 7 nitrogen and oxygen atoms in total. The molecule has 7 heteroatoms. The van der Waals surface area contributed by atoms with Crippen molar-refractivity contribution in [3.05, 3.63) is 17.8 Å². The maximum Gasteiger partial charge on any atom is 0.356 e. The van der Waals surface area contributed by atoms with E-state index < -0.39 is 5.97 Å². The van der Waals surface area contributed by atoms with Crippen LogP contribution in [-0.4, -0.2) is 36.6 Å². The summed E-state index contributed by atoms with van der Waals surface area (Å²) in [5, 5.41) is 5.84. The largest absolute Gasteiger partial charge is 0.464 e. The highest BCUT2D eigenvalue weighted by Crippen LogP contribution is 2.19. The van der Waals surface area contributed by atoms with Crippen molar-refractivity contribution in [2.45, 2.75) is 25.3 Å². The molecule has 2 rings (SSSR count). The molecule has 0 spiro atoms. The minimum absolute atomic E-state index is 0.00249. The number of nitrogen functional groups attached to an aromatic ring is 1. The van der Waals surface area contributed by atoms with Gasteiger partial charge < -0.3 is 21.1 Å². The standard InChI is InChI=1S/C13H18N4O3/c1-20-13(19)10-5-4-9(14)12(17-10)15-7-6-11(18)16-8-2-3-8/h4-5,8H,2-3,6-7,14H2,1H3,(H,15,17)(H,16,18). The van der Waals surface area contributed by atoms with E-state index in [-0.39, 0.29) is 11.6 Å². The Morgan fingerprint density at radius 3 is 2.85 bits per heavy atom. The van der Waals surface area contributed by atoms with Gasteiger partial charge in [0.2, 0.25) is 5.91 Å². The number of nitrogens with zero attached hydrogens (tertiary/aromatic N) is 1. The van der Waals surface area contributed by atoms with Crippen molar-refractivity contribution in [1.82, 2.24) is 10.3 Å². The summed E-state index contributed by atoms with van der Waals surface area (Å²) in [4.78, 5) is 27.0. The number of hydrogen-bond donors (Lipinski definition) is 3. The molecule has 108 valence electrons. The lowest BCUT2D eigenvalue weighted by Crippen LogP contribution is -2.27. The molecule has 0 radical (unpaired) electrons. The molecule has 1 fully saturated rings. The van der Waals surface area contributed by atoms with Crippen LogP contribution in [0.1, 0.15) is 29.8 Å². The molecule has 1 saturated carbocycles. The number of rotatable bonds is 6. The first kappa shape index (κ1) is 14.1. The van der Waals surface area contributed by atoms with E-state index >= 15 is 0 Å². The fourth-order valence-corrected chi connectivity index (χ4v) is 1.65. The Kier molecular flexibility index (Phi) is 4.39. The Hall–Kier alpha value is -2.31. The first-order chi connectivity index (χ1) is 9.60. The predicted molar refractivity (Wildman–Crippen MR) is 74.3 cm³/mol. The van der Waals surface area contributed by atoms with Crippen LogP contribution in [0.25, 0.3) is 0 Å². The normalized spacial score (nSPS) is 13.7. The fraction of sp³-hybridized carbons (Fsp3) is 0.462. The lowest BCUT2D eigenvalue weighted by atomic mass is 10.3. The SMILES string of the molecule is COC(=O)c1ccc(N)c(NCCC(=O)NC2CC2)n1. The Morgan fingerprint density at radius 2 is 2.20 bits per heavy atom. The van der Waals surface area contributed by atoms with Gasteiger partial charge in [-0.15, -0.1) is 0 Å². The van der Waals surface area contributed by atoms with Gasteiger partial charge >= 0.3 is 5.97 Å². The van der Waals surface area contributed by atoms with E-state index in [1.165, 1.54) is 13.2 Å². The Labute approximate surface area is 116 Å². The molecular weight excluding hydrogens is 260 g/mol. The zero-order chi connectivity index (χ0) is 14.5. The van der Waals surface area contributed by atoms with Crippen LogP contribution in [0.3, 0.4) is 0 Å². The highest BCUT2D eigenvalue weighted by atomic mass is 16.5. The van der Waals surface area contributed by atoms with Crippen molar-refractivity contribution in [2.24, 2.45) is 0 Å². The topological polar surface area (TPSA) is 106 Å². The number of amides is 1. The van der Waals surface area contributed by atoms with Gasteiger partial charge in [0.05, 0.1) is 12.8 Å². The maximum absolute atomic E-state index is 11.5. The van der Waals surface area contributed by atoms with Gasteiger partial charge in [0.1, 0.15) is 5.82 Å². The van der Waals surface area contributed by atoms with Gasteiger partial charge in [0, 0.05) is 19.0 Å². The molecule has 0 bridgehead atoms. The summed E-state index contributed by atoms with van der Waals surface area (Å²) in [7, 11) is 1.29. The molecule has 4 N–H and O–H groups in total. The van der Waals surface area contributed by atoms with E-state index in [0.29, 0.717) is 30.5 Å². The molecule has 1 aliphatic carbocycles. The number of methoxy groups -OCH3 is 1. The van der Waals surface area contributed by atoms with Crippen LogP contribution in [0.5, 0.6) is 0 Å². The molecule has 0 saturated heterocycles. The monoisotopic (exact) mass is 278 g/mol. The van der Waals surface area contributed by atoms with Crippen LogP contribution >= 0.6 is 0 Å². The van der Waals surface area contributed by atoms with E-state index in [1.807, 2.05) is 0 Å². The van der Waals surface area contributed by atoms with Crippen LogP contribution in [0.15, 0.2) is 12.1 Å². The van der Waals surface area contributed by atoms with E-state index in [0.717, 1.165) is 12.8 Å². The molecule has 1 heterocycles. The smallest absolute Gasteiger partial charge is 0.356 e. The number of hydrogen-bond acceptors (Lipinski definition) is 6.